The zero-order valence-corrected chi connectivity index (χ0v) is 13.1. The first-order chi connectivity index (χ1) is 10.1. The summed E-state index contributed by atoms with van der Waals surface area (Å²) in [6, 6.07) is 3.91. The van der Waals surface area contributed by atoms with Crippen LogP contribution in [0.3, 0.4) is 0 Å². The van der Waals surface area contributed by atoms with Gasteiger partial charge in [-0.25, -0.2) is 0 Å². The zero-order valence-electron chi connectivity index (χ0n) is 12.3. The van der Waals surface area contributed by atoms with Gasteiger partial charge in [-0.3, -0.25) is 9.69 Å². The minimum absolute atomic E-state index is 0.0931. The van der Waals surface area contributed by atoms with E-state index in [1.165, 1.54) is 0 Å². The van der Waals surface area contributed by atoms with Crippen LogP contribution in [-0.4, -0.2) is 73.4 Å². The minimum Gasteiger partial charge on any atom is -0.390 e. The number of likely N-dealkylation sites (N-methyl/N-ethyl adjacent to an activating group) is 1. The van der Waals surface area contributed by atoms with Crippen LogP contribution in [0.25, 0.3) is 6.08 Å². The van der Waals surface area contributed by atoms with Crippen molar-refractivity contribution >= 4 is 23.3 Å². The summed E-state index contributed by atoms with van der Waals surface area (Å²) in [6.07, 6.45) is 2.82. The van der Waals surface area contributed by atoms with Crippen molar-refractivity contribution in [2.75, 3.05) is 46.4 Å². The summed E-state index contributed by atoms with van der Waals surface area (Å²) in [7, 11) is 1.71. The van der Waals surface area contributed by atoms with Crippen LogP contribution in [0, 0.1) is 0 Å². The van der Waals surface area contributed by atoms with Crippen LogP contribution in [0.5, 0.6) is 0 Å². The maximum absolute atomic E-state index is 12.0. The van der Waals surface area contributed by atoms with Crippen molar-refractivity contribution in [2.24, 2.45) is 0 Å². The number of thiophene rings is 1. The molecule has 1 saturated heterocycles. The Hall–Kier alpha value is -1.21. The van der Waals surface area contributed by atoms with Crippen molar-refractivity contribution < 1.29 is 14.6 Å². The quantitative estimate of drug-likeness (QED) is 0.794. The molecule has 1 atom stereocenters. The van der Waals surface area contributed by atoms with E-state index in [1.54, 1.807) is 35.4 Å². The van der Waals surface area contributed by atoms with E-state index in [1.807, 2.05) is 17.5 Å². The summed E-state index contributed by atoms with van der Waals surface area (Å²) in [4.78, 5) is 16.7. The first kappa shape index (κ1) is 16.2. The highest BCUT2D eigenvalue weighted by molar-refractivity contribution is 7.10. The number of rotatable bonds is 6. The predicted octanol–water partition coefficient (Wildman–Crippen LogP) is 0.913. The third-order valence-corrected chi connectivity index (χ3v) is 4.20. The van der Waals surface area contributed by atoms with Crippen LogP contribution in [0.15, 0.2) is 23.6 Å². The van der Waals surface area contributed by atoms with Crippen molar-refractivity contribution in [2.45, 2.75) is 6.10 Å². The van der Waals surface area contributed by atoms with Gasteiger partial charge in [0.15, 0.2) is 0 Å². The molecule has 0 aliphatic carbocycles. The fourth-order valence-corrected chi connectivity index (χ4v) is 2.83. The molecule has 0 radical (unpaired) electrons. The van der Waals surface area contributed by atoms with Gasteiger partial charge < -0.3 is 14.7 Å². The van der Waals surface area contributed by atoms with Crippen LogP contribution in [0.1, 0.15) is 4.88 Å². The SMILES string of the molecule is CN(CC(O)CN1CCOCC1)C(=O)C=Cc1cccs1. The molecule has 21 heavy (non-hydrogen) atoms. The van der Waals surface area contributed by atoms with Crippen LogP contribution < -0.4 is 0 Å². The molecular weight excluding hydrogens is 288 g/mol. The predicted molar refractivity (Wildman–Crippen MR) is 84.3 cm³/mol. The summed E-state index contributed by atoms with van der Waals surface area (Å²) in [5.41, 5.74) is 0. The molecular formula is C15H22N2O3S. The first-order valence-corrected chi connectivity index (χ1v) is 7.98. The minimum atomic E-state index is -0.535. The molecule has 0 spiro atoms. The number of β-amino-alcohol motifs (C(OH)–C–C–N with tert-alkyl or cyclic N) is 1. The van der Waals surface area contributed by atoms with Gasteiger partial charge in [0.1, 0.15) is 0 Å². The molecule has 116 valence electrons. The summed E-state index contributed by atoms with van der Waals surface area (Å²) in [5.74, 6) is -0.0931. The third-order valence-electron chi connectivity index (χ3n) is 3.37. The van der Waals surface area contributed by atoms with Gasteiger partial charge in [0.05, 0.1) is 19.3 Å². The van der Waals surface area contributed by atoms with E-state index in [9.17, 15) is 9.90 Å². The van der Waals surface area contributed by atoms with E-state index < -0.39 is 6.10 Å². The Kier molecular flexibility index (Phi) is 6.38. The number of hydrogen-bond acceptors (Lipinski definition) is 5. The topological polar surface area (TPSA) is 53.0 Å². The smallest absolute Gasteiger partial charge is 0.246 e. The fraction of sp³-hybridized carbons (Fsp3) is 0.533. The first-order valence-electron chi connectivity index (χ1n) is 7.10. The molecule has 1 fully saturated rings. The number of aliphatic hydroxyl groups excluding tert-OH is 1. The number of ether oxygens (including phenoxy) is 1. The van der Waals surface area contributed by atoms with Crippen molar-refractivity contribution in [1.29, 1.82) is 0 Å². The second-order valence-electron chi connectivity index (χ2n) is 5.13. The summed E-state index contributed by atoms with van der Waals surface area (Å²) >= 11 is 1.59. The van der Waals surface area contributed by atoms with Gasteiger partial charge in [0.2, 0.25) is 5.91 Å². The fourth-order valence-electron chi connectivity index (χ4n) is 2.21. The Morgan fingerprint density at radius 3 is 3.00 bits per heavy atom. The van der Waals surface area contributed by atoms with E-state index in [4.69, 9.17) is 4.74 Å². The summed E-state index contributed by atoms with van der Waals surface area (Å²) in [6.45, 7) is 4.02. The molecule has 1 aliphatic rings. The number of morpholine rings is 1. The van der Waals surface area contributed by atoms with Gasteiger partial charge >= 0.3 is 0 Å². The Morgan fingerprint density at radius 2 is 2.33 bits per heavy atom. The summed E-state index contributed by atoms with van der Waals surface area (Å²) in [5, 5.41) is 12.0. The molecule has 2 heterocycles. The highest BCUT2D eigenvalue weighted by Crippen LogP contribution is 2.10. The average molecular weight is 310 g/mol. The van der Waals surface area contributed by atoms with E-state index >= 15 is 0 Å². The van der Waals surface area contributed by atoms with Crippen LogP contribution in [-0.2, 0) is 9.53 Å². The van der Waals surface area contributed by atoms with Crippen molar-refractivity contribution in [3.63, 3.8) is 0 Å². The monoisotopic (exact) mass is 310 g/mol. The molecule has 0 aromatic carbocycles. The lowest BCUT2D eigenvalue weighted by Gasteiger charge is -2.29. The number of carbonyl (C=O) groups is 1. The lowest BCUT2D eigenvalue weighted by molar-refractivity contribution is -0.126. The van der Waals surface area contributed by atoms with Gasteiger partial charge in [-0.2, -0.15) is 0 Å². The van der Waals surface area contributed by atoms with Crippen molar-refractivity contribution in [3.05, 3.63) is 28.5 Å². The van der Waals surface area contributed by atoms with E-state index in [-0.39, 0.29) is 5.91 Å². The van der Waals surface area contributed by atoms with Gasteiger partial charge in [-0.05, 0) is 17.5 Å². The van der Waals surface area contributed by atoms with Gasteiger partial charge in [0, 0.05) is 44.2 Å². The average Bonchev–Trinajstić information content (AvgIpc) is 2.98. The number of nitrogens with zero attached hydrogens (tertiary/aromatic N) is 2. The maximum Gasteiger partial charge on any atom is 0.246 e. The van der Waals surface area contributed by atoms with Gasteiger partial charge in [-0.15, -0.1) is 11.3 Å². The molecule has 0 saturated carbocycles. The van der Waals surface area contributed by atoms with Crippen LogP contribution in [0.4, 0.5) is 0 Å². The molecule has 1 N–H and O–H groups in total. The maximum atomic E-state index is 12.0. The standard InChI is InChI=1S/C15H22N2O3S/c1-16(15(19)5-4-14-3-2-10-21-14)11-13(18)12-17-6-8-20-9-7-17/h2-5,10,13,18H,6-9,11-12H2,1H3. The lowest BCUT2D eigenvalue weighted by atomic mass is 10.2. The number of aliphatic hydroxyl groups is 1. The van der Waals surface area contributed by atoms with Gasteiger partial charge in [0.25, 0.3) is 0 Å². The number of carbonyl (C=O) groups excluding carboxylic acids is 1. The summed E-state index contributed by atoms with van der Waals surface area (Å²) < 4.78 is 5.27. The number of amides is 1. The second-order valence-corrected chi connectivity index (χ2v) is 6.11. The Bertz CT molecular complexity index is 455. The second kappa shape index (κ2) is 8.29. The normalized spacial score (nSPS) is 18.0. The van der Waals surface area contributed by atoms with E-state index in [0.717, 1.165) is 18.0 Å². The number of hydrogen-bond donors (Lipinski definition) is 1. The highest BCUT2D eigenvalue weighted by Gasteiger charge is 2.17. The third kappa shape index (κ3) is 5.59. The van der Waals surface area contributed by atoms with Crippen LogP contribution in [0.2, 0.25) is 0 Å². The Balaban J connectivity index is 1.74. The van der Waals surface area contributed by atoms with E-state index in [0.29, 0.717) is 26.3 Å². The van der Waals surface area contributed by atoms with Crippen molar-refractivity contribution in [3.8, 4) is 0 Å². The molecule has 2 rings (SSSR count). The molecule has 1 aromatic heterocycles. The molecule has 1 aliphatic heterocycles. The van der Waals surface area contributed by atoms with Crippen LogP contribution >= 0.6 is 11.3 Å². The van der Waals surface area contributed by atoms with E-state index in [2.05, 4.69) is 4.90 Å². The molecule has 0 bridgehead atoms. The molecule has 1 aromatic rings. The zero-order chi connectivity index (χ0) is 15.1. The highest BCUT2D eigenvalue weighted by atomic mass is 32.1. The largest absolute Gasteiger partial charge is 0.390 e. The molecule has 1 unspecified atom stereocenters. The lowest BCUT2D eigenvalue weighted by Crippen LogP contribution is -2.44. The Labute approximate surface area is 129 Å². The molecule has 6 heteroatoms. The molecule has 1 amide bonds. The van der Waals surface area contributed by atoms with Gasteiger partial charge in [-0.1, -0.05) is 6.07 Å². The molecule has 5 nitrogen and oxygen atoms in total. The Morgan fingerprint density at radius 1 is 1.57 bits per heavy atom. The van der Waals surface area contributed by atoms with Crippen molar-refractivity contribution in [1.82, 2.24) is 9.80 Å².